The quantitative estimate of drug-likeness (QED) is 0.297. The van der Waals surface area contributed by atoms with Crippen molar-refractivity contribution in [2.75, 3.05) is 19.1 Å². The second-order valence-corrected chi connectivity index (χ2v) is 9.48. The fourth-order valence-corrected chi connectivity index (χ4v) is 4.31. The van der Waals surface area contributed by atoms with E-state index < -0.39 is 17.7 Å². The first-order chi connectivity index (χ1) is 16.6. The summed E-state index contributed by atoms with van der Waals surface area (Å²) < 4.78 is 16.6. The molecule has 1 aliphatic heterocycles. The molecule has 1 aliphatic rings. The summed E-state index contributed by atoms with van der Waals surface area (Å²) in [7, 11) is 3.14. The highest BCUT2D eigenvalue weighted by atomic mass is 16.5. The summed E-state index contributed by atoms with van der Waals surface area (Å²) in [6, 6.07) is 14.6. The molecular weight excluding hydrogens is 446 g/mol. The van der Waals surface area contributed by atoms with E-state index in [-0.39, 0.29) is 16.7 Å². The van der Waals surface area contributed by atoms with Gasteiger partial charge in [0.1, 0.15) is 34.8 Å². The lowest BCUT2D eigenvalue weighted by Gasteiger charge is -2.24. The Morgan fingerprint density at radius 2 is 1.66 bits per heavy atom. The Morgan fingerprint density at radius 1 is 0.971 bits per heavy atom. The molecule has 7 heteroatoms. The van der Waals surface area contributed by atoms with Crippen LogP contribution in [0.5, 0.6) is 11.5 Å². The largest absolute Gasteiger partial charge is 0.507 e. The number of aliphatic hydroxyl groups is 1. The Balaban J connectivity index is 1.92. The number of nitrogens with zero attached hydrogens (tertiary/aromatic N) is 1. The van der Waals surface area contributed by atoms with E-state index in [1.54, 1.807) is 75.7 Å². The first-order valence-corrected chi connectivity index (χ1v) is 11.3. The van der Waals surface area contributed by atoms with Crippen molar-refractivity contribution in [3.05, 3.63) is 82.8 Å². The number of methoxy groups -OCH3 is 2. The number of furan rings is 1. The van der Waals surface area contributed by atoms with Crippen molar-refractivity contribution in [2.24, 2.45) is 0 Å². The van der Waals surface area contributed by atoms with Crippen LogP contribution in [0.25, 0.3) is 5.76 Å². The molecule has 1 aromatic heterocycles. The predicted molar refractivity (Wildman–Crippen MR) is 133 cm³/mol. The van der Waals surface area contributed by atoms with E-state index in [2.05, 4.69) is 0 Å². The number of Topliss-reactive ketones (excluding diaryl/α,β-unsaturated/α-hetero) is 1. The third-order valence-corrected chi connectivity index (χ3v) is 6.11. The van der Waals surface area contributed by atoms with Crippen LogP contribution in [0.1, 0.15) is 49.5 Å². The van der Waals surface area contributed by atoms with Crippen LogP contribution < -0.4 is 14.4 Å². The highest BCUT2D eigenvalue weighted by Crippen LogP contribution is 2.43. The molecule has 2 heterocycles. The Labute approximate surface area is 204 Å². The second kappa shape index (κ2) is 8.98. The van der Waals surface area contributed by atoms with Gasteiger partial charge in [0, 0.05) is 16.8 Å². The summed E-state index contributed by atoms with van der Waals surface area (Å²) in [6.07, 6.45) is 0. The van der Waals surface area contributed by atoms with E-state index in [9.17, 15) is 14.7 Å². The third kappa shape index (κ3) is 4.30. The van der Waals surface area contributed by atoms with Gasteiger partial charge in [-0.05, 0) is 66.9 Å². The van der Waals surface area contributed by atoms with Crippen LogP contribution in [0.4, 0.5) is 5.69 Å². The van der Waals surface area contributed by atoms with Crippen LogP contribution in [0.2, 0.25) is 0 Å². The van der Waals surface area contributed by atoms with Crippen molar-refractivity contribution in [2.45, 2.75) is 39.2 Å². The number of aliphatic hydroxyl groups excluding tert-OH is 1. The minimum absolute atomic E-state index is 0.0369. The number of rotatable bonds is 5. The molecule has 1 unspecified atom stereocenters. The number of carbonyl (C=O) groups excluding carboxylic acids is 2. The lowest BCUT2D eigenvalue weighted by atomic mass is 9.84. The fourth-order valence-electron chi connectivity index (χ4n) is 4.31. The molecule has 1 saturated heterocycles. The van der Waals surface area contributed by atoms with Gasteiger partial charge in [-0.15, -0.1) is 0 Å². The second-order valence-electron chi connectivity index (χ2n) is 9.48. The summed E-state index contributed by atoms with van der Waals surface area (Å²) >= 11 is 0. The van der Waals surface area contributed by atoms with E-state index in [0.717, 1.165) is 5.56 Å². The highest BCUT2D eigenvalue weighted by Gasteiger charge is 2.48. The van der Waals surface area contributed by atoms with Crippen molar-refractivity contribution < 1.29 is 28.6 Å². The minimum atomic E-state index is -0.933. The number of amides is 1. The van der Waals surface area contributed by atoms with Gasteiger partial charge < -0.3 is 19.0 Å². The van der Waals surface area contributed by atoms with Crippen molar-refractivity contribution in [3.63, 3.8) is 0 Å². The number of aryl methyl sites for hydroxylation is 1. The number of ketones is 1. The van der Waals surface area contributed by atoms with Gasteiger partial charge in [-0.25, -0.2) is 0 Å². The average Bonchev–Trinajstić information content (AvgIpc) is 3.38. The number of anilines is 1. The van der Waals surface area contributed by atoms with Gasteiger partial charge in [-0.2, -0.15) is 0 Å². The Hall–Kier alpha value is -4.00. The monoisotopic (exact) mass is 475 g/mol. The van der Waals surface area contributed by atoms with E-state index in [4.69, 9.17) is 13.9 Å². The van der Waals surface area contributed by atoms with Gasteiger partial charge in [0.2, 0.25) is 0 Å². The number of carbonyl (C=O) groups is 2. The smallest absolute Gasteiger partial charge is 0.300 e. The van der Waals surface area contributed by atoms with Crippen LogP contribution in [-0.2, 0) is 15.0 Å². The number of hydrogen-bond donors (Lipinski definition) is 1. The molecule has 0 saturated carbocycles. The van der Waals surface area contributed by atoms with Gasteiger partial charge >= 0.3 is 0 Å². The SMILES string of the molecule is COc1ccc(N2C(=O)C(=O)/C(=C(\O)c3ccc(OC)c(C(C)(C)C)c3)C2c2ccc(C)o2)cc1. The fraction of sp³-hybridized carbons (Fsp3) is 0.286. The maximum Gasteiger partial charge on any atom is 0.300 e. The van der Waals surface area contributed by atoms with Gasteiger partial charge in [-0.1, -0.05) is 20.8 Å². The molecule has 0 spiro atoms. The Kier molecular flexibility index (Phi) is 6.19. The molecule has 35 heavy (non-hydrogen) atoms. The van der Waals surface area contributed by atoms with E-state index in [1.807, 2.05) is 20.8 Å². The molecule has 7 nitrogen and oxygen atoms in total. The third-order valence-electron chi connectivity index (χ3n) is 6.11. The molecule has 2 aromatic carbocycles. The van der Waals surface area contributed by atoms with Gasteiger partial charge in [-0.3, -0.25) is 14.5 Å². The highest BCUT2D eigenvalue weighted by molar-refractivity contribution is 6.51. The summed E-state index contributed by atoms with van der Waals surface area (Å²) in [6.45, 7) is 7.87. The summed E-state index contributed by atoms with van der Waals surface area (Å²) in [4.78, 5) is 27.9. The minimum Gasteiger partial charge on any atom is -0.507 e. The lowest BCUT2D eigenvalue weighted by molar-refractivity contribution is -0.132. The van der Waals surface area contributed by atoms with Crippen LogP contribution >= 0.6 is 0 Å². The van der Waals surface area contributed by atoms with E-state index >= 15 is 0 Å². The molecule has 0 aliphatic carbocycles. The standard InChI is InChI=1S/C28H29NO6/c1-16-7-13-22(35-16)24-23(25(30)17-8-14-21(34-6)20(15-17)28(2,3)4)26(31)27(32)29(24)18-9-11-19(33-5)12-10-18/h7-15,24,30H,1-6H3/b25-23-. The molecule has 1 amide bonds. The van der Waals surface area contributed by atoms with Crippen molar-refractivity contribution in [1.29, 1.82) is 0 Å². The summed E-state index contributed by atoms with van der Waals surface area (Å²) in [5.41, 5.74) is 1.44. The van der Waals surface area contributed by atoms with Crippen LogP contribution in [0.15, 0.2) is 64.6 Å². The van der Waals surface area contributed by atoms with Gasteiger partial charge in [0.15, 0.2) is 0 Å². The van der Waals surface area contributed by atoms with Crippen LogP contribution in [0, 0.1) is 6.92 Å². The maximum atomic E-state index is 13.3. The van der Waals surface area contributed by atoms with Crippen molar-refractivity contribution >= 4 is 23.1 Å². The van der Waals surface area contributed by atoms with Gasteiger partial charge in [0.25, 0.3) is 11.7 Å². The number of hydrogen-bond acceptors (Lipinski definition) is 6. The maximum absolute atomic E-state index is 13.3. The topological polar surface area (TPSA) is 89.2 Å². The molecule has 1 fully saturated rings. The lowest BCUT2D eigenvalue weighted by Crippen LogP contribution is -2.29. The predicted octanol–water partition coefficient (Wildman–Crippen LogP) is 5.53. The zero-order valence-corrected chi connectivity index (χ0v) is 20.7. The zero-order chi connectivity index (χ0) is 25.5. The molecule has 3 aromatic rings. The molecule has 1 atom stereocenters. The molecule has 182 valence electrons. The van der Waals surface area contributed by atoms with Crippen LogP contribution in [0.3, 0.4) is 0 Å². The molecule has 0 radical (unpaired) electrons. The Morgan fingerprint density at radius 3 is 2.20 bits per heavy atom. The first kappa shape index (κ1) is 24.1. The number of benzene rings is 2. The molecule has 4 rings (SSSR count). The first-order valence-electron chi connectivity index (χ1n) is 11.3. The molecular formula is C28H29NO6. The van der Waals surface area contributed by atoms with Gasteiger partial charge in [0.05, 0.1) is 19.8 Å². The van der Waals surface area contributed by atoms with E-state index in [1.165, 1.54) is 4.90 Å². The molecule has 1 N–H and O–H groups in total. The van der Waals surface area contributed by atoms with E-state index in [0.29, 0.717) is 34.3 Å². The zero-order valence-electron chi connectivity index (χ0n) is 20.7. The number of ether oxygens (including phenoxy) is 2. The summed E-state index contributed by atoms with van der Waals surface area (Å²) in [5.74, 6) is 0.482. The van der Waals surface area contributed by atoms with Crippen molar-refractivity contribution in [3.8, 4) is 11.5 Å². The Bertz CT molecular complexity index is 1310. The summed E-state index contributed by atoms with van der Waals surface area (Å²) in [5, 5.41) is 11.4. The normalized spacial score (nSPS) is 17.7. The average molecular weight is 476 g/mol. The van der Waals surface area contributed by atoms with Crippen LogP contribution in [-0.4, -0.2) is 31.0 Å². The van der Waals surface area contributed by atoms with Crippen molar-refractivity contribution in [1.82, 2.24) is 0 Å². The molecule has 0 bridgehead atoms.